The lowest BCUT2D eigenvalue weighted by molar-refractivity contribution is 0.385. The molecular formula is C48H38F2O4P2. The maximum Gasteiger partial charge on any atom is 0.530 e. The Hall–Kier alpha value is -5.80. The average Bonchev–Trinajstić information content (AvgIpc) is 3.19. The van der Waals surface area contributed by atoms with E-state index < -0.39 is 28.4 Å². The highest BCUT2D eigenvalue weighted by molar-refractivity contribution is 7.68. The third-order valence-electron chi connectivity index (χ3n) is 9.59. The van der Waals surface area contributed by atoms with Gasteiger partial charge in [-0.05, 0) is 120 Å². The molecule has 0 fully saturated rings. The van der Waals surface area contributed by atoms with E-state index in [1.165, 1.54) is 24.3 Å². The summed E-state index contributed by atoms with van der Waals surface area (Å²) >= 11 is 0. The molecule has 0 heterocycles. The van der Waals surface area contributed by atoms with Crippen molar-refractivity contribution in [2.45, 2.75) is 27.7 Å². The molecule has 0 saturated heterocycles. The Balaban J connectivity index is 1.38. The van der Waals surface area contributed by atoms with Crippen LogP contribution in [0.5, 0.6) is 23.0 Å². The van der Waals surface area contributed by atoms with Crippen molar-refractivity contribution in [3.05, 3.63) is 192 Å². The zero-order valence-electron chi connectivity index (χ0n) is 31.3. The van der Waals surface area contributed by atoms with Crippen molar-refractivity contribution in [2.75, 3.05) is 0 Å². The van der Waals surface area contributed by atoms with Crippen LogP contribution in [0.1, 0.15) is 22.3 Å². The van der Waals surface area contributed by atoms with Crippen molar-refractivity contribution in [1.82, 2.24) is 0 Å². The summed E-state index contributed by atoms with van der Waals surface area (Å²) in [5, 5.41) is 5.07. The van der Waals surface area contributed by atoms with Gasteiger partial charge in [-0.3, -0.25) is 0 Å². The van der Waals surface area contributed by atoms with Crippen LogP contribution in [0.25, 0.3) is 32.7 Å². The molecule has 8 aromatic rings. The van der Waals surface area contributed by atoms with Crippen LogP contribution >= 0.6 is 16.8 Å². The molecule has 0 unspecified atom stereocenters. The topological polar surface area (TPSA) is 36.9 Å². The zero-order valence-corrected chi connectivity index (χ0v) is 33.1. The molecule has 0 amide bonds. The Morgan fingerprint density at radius 3 is 1.29 bits per heavy atom. The van der Waals surface area contributed by atoms with E-state index in [-0.39, 0.29) is 0 Å². The van der Waals surface area contributed by atoms with Crippen molar-refractivity contribution < 1.29 is 26.9 Å². The van der Waals surface area contributed by atoms with Gasteiger partial charge in [0.15, 0.2) is 8.15 Å². The summed E-state index contributed by atoms with van der Waals surface area (Å²) in [4.78, 5) is 0. The molecule has 0 aromatic heterocycles. The number of hydrogen-bond acceptors (Lipinski definition) is 4. The van der Waals surface area contributed by atoms with Gasteiger partial charge < -0.3 is 18.1 Å². The SMILES string of the molecule is Cc1ccccc1OP(Oc1ccccc1C)Oc1c(C)cc2ccccc2c1-c1c(OP(c2cccc(F)c2)c2cccc(F)c2)c(C)cc2ccccc12. The molecule has 0 aliphatic heterocycles. The molecule has 0 aliphatic rings. The smallest absolute Gasteiger partial charge is 0.464 e. The van der Waals surface area contributed by atoms with Crippen LogP contribution < -0.4 is 28.7 Å². The zero-order chi connectivity index (χ0) is 38.8. The number of rotatable bonds is 11. The average molecular weight is 779 g/mol. The minimum Gasteiger partial charge on any atom is -0.464 e. The molecule has 0 bridgehead atoms. The molecule has 0 atom stereocenters. The third-order valence-corrected chi connectivity index (χ3v) is 12.5. The largest absolute Gasteiger partial charge is 0.530 e. The lowest BCUT2D eigenvalue weighted by atomic mass is 9.89. The van der Waals surface area contributed by atoms with Crippen LogP contribution in [-0.2, 0) is 0 Å². The maximum atomic E-state index is 14.9. The number of fused-ring (bicyclic) bond motifs is 2. The van der Waals surface area contributed by atoms with E-state index in [9.17, 15) is 8.78 Å². The second-order valence-corrected chi connectivity index (χ2v) is 16.4. The Morgan fingerprint density at radius 2 is 0.821 bits per heavy atom. The highest BCUT2D eigenvalue weighted by atomic mass is 31.2. The summed E-state index contributed by atoms with van der Waals surface area (Å²) in [7, 11) is -3.83. The number of hydrogen-bond donors (Lipinski definition) is 0. The molecule has 0 aliphatic carbocycles. The number of halogens is 2. The first kappa shape index (κ1) is 37.1. The predicted molar refractivity (Wildman–Crippen MR) is 227 cm³/mol. The Kier molecular flexibility index (Phi) is 10.7. The Morgan fingerprint density at radius 1 is 0.393 bits per heavy atom. The summed E-state index contributed by atoms with van der Waals surface area (Å²) in [5.41, 5.74) is 5.18. The van der Waals surface area contributed by atoms with Crippen molar-refractivity contribution in [2.24, 2.45) is 0 Å². The van der Waals surface area contributed by atoms with Crippen LogP contribution in [0.15, 0.2) is 158 Å². The highest BCUT2D eigenvalue weighted by Crippen LogP contribution is 2.54. The van der Waals surface area contributed by atoms with E-state index >= 15 is 0 Å². The van der Waals surface area contributed by atoms with Gasteiger partial charge in [0.1, 0.15) is 34.6 Å². The van der Waals surface area contributed by atoms with E-state index in [0.29, 0.717) is 33.6 Å². The van der Waals surface area contributed by atoms with Gasteiger partial charge in [0.25, 0.3) is 0 Å². The standard InChI is InChI=1S/C48H38F2O4P2/c1-31-15-5-11-25-43(31)51-56(52-44-26-12-6-16-32(44)2)54-48-34(4)28-36-18-8-10-24-42(36)46(48)45-41-23-9-7-17-35(41)27-33(3)47(45)53-55(39-21-13-19-37(49)29-39)40-22-14-20-38(50)30-40/h5-30H,1-4H3. The molecule has 8 rings (SSSR count). The normalized spacial score (nSPS) is 11.4. The number of aryl methyl sites for hydroxylation is 4. The second kappa shape index (κ2) is 16.1. The first-order valence-corrected chi connectivity index (χ1v) is 20.6. The summed E-state index contributed by atoms with van der Waals surface area (Å²) in [6.07, 6.45) is 0. The second-order valence-electron chi connectivity index (χ2n) is 13.6. The van der Waals surface area contributed by atoms with Gasteiger partial charge >= 0.3 is 8.60 Å². The van der Waals surface area contributed by atoms with Crippen LogP contribution in [0.2, 0.25) is 0 Å². The lowest BCUT2D eigenvalue weighted by Crippen LogP contribution is -2.17. The van der Waals surface area contributed by atoms with Crippen LogP contribution in [0, 0.1) is 39.3 Å². The van der Waals surface area contributed by atoms with E-state index in [4.69, 9.17) is 18.1 Å². The van der Waals surface area contributed by atoms with Gasteiger partial charge in [-0.2, -0.15) is 0 Å². The van der Waals surface area contributed by atoms with Crippen molar-refractivity contribution in [3.63, 3.8) is 0 Å². The summed E-state index contributed by atoms with van der Waals surface area (Å²) in [6.45, 7) is 8.00. The van der Waals surface area contributed by atoms with Gasteiger partial charge in [-0.1, -0.05) is 109 Å². The minimum atomic E-state index is -2.08. The summed E-state index contributed by atoms with van der Waals surface area (Å²) < 4.78 is 57.3. The first-order valence-electron chi connectivity index (χ1n) is 18.2. The molecule has 0 saturated carbocycles. The molecule has 4 nitrogen and oxygen atoms in total. The molecule has 8 aromatic carbocycles. The lowest BCUT2D eigenvalue weighted by Gasteiger charge is -2.27. The first-order chi connectivity index (χ1) is 27.2. The molecule has 56 heavy (non-hydrogen) atoms. The Labute approximate surface area is 328 Å². The fourth-order valence-electron chi connectivity index (χ4n) is 6.83. The van der Waals surface area contributed by atoms with E-state index in [1.54, 1.807) is 12.1 Å². The highest BCUT2D eigenvalue weighted by Gasteiger charge is 2.30. The predicted octanol–water partition coefficient (Wildman–Crippen LogP) is 13.4. The quantitative estimate of drug-likeness (QED) is 0.123. The van der Waals surface area contributed by atoms with Crippen LogP contribution in [0.3, 0.4) is 0 Å². The maximum absolute atomic E-state index is 14.9. The van der Waals surface area contributed by atoms with Gasteiger partial charge in [0.05, 0.1) is 0 Å². The monoisotopic (exact) mass is 778 g/mol. The number of benzene rings is 8. The molecule has 278 valence electrons. The van der Waals surface area contributed by atoms with Crippen molar-refractivity contribution >= 4 is 48.9 Å². The third kappa shape index (κ3) is 7.69. The molecule has 0 spiro atoms. The molecule has 0 N–H and O–H groups in total. The fraction of sp³-hybridized carbons (Fsp3) is 0.0833. The van der Waals surface area contributed by atoms with Crippen molar-refractivity contribution in [1.29, 1.82) is 0 Å². The fourth-order valence-corrected chi connectivity index (χ4v) is 9.91. The molecule has 8 heteroatoms. The minimum absolute atomic E-state index is 0.401. The number of para-hydroxylation sites is 2. The summed E-state index contributed by atoms with van der Waals surface area (Å²) in [5.74, 6) is 1.63. The van der Waals surface area contributed by atoms with Crippen LogP contribution in [-0.4, -0.2) is 0 Å². The van der Waals surface area contributed by atoms with Gasteiger partial charge in [-0.15, -0.1) is 0 Å². The molecule has 0 radical (unpaired) electrons. The van der Waals surface area contributed by atoms with Gasteiger partial charge in [0.2, 0.25) is 0 Å². The van der Waals surface area contributed by atoms with Crippen LogP contribution in [0.4, 0.5) is 8.78 Å². The van der Waals surface area contributed by atoms with Gasteiger partial charge in [0, 0.05) is 21.7 Å². The Bertz CT molecular complexity index is 2620. The van der Waals surface area contributed by atoms with E-state index in [1.807, 2.05) is 113 Å². The van der Waals surface area contributed by atoms with Gasteiger partial charge in [-0.25, -0.2) is 8.78 Å². The van der Waals surface area contributed by atoms with E-state index in [0.717, 1.165) is 54.9 Å². The van der Waals surface area contributed by atoms with Crippen molar-refractivity contribution in [3.8, 4) is 34.1 Å². The summed E-state index contributed by atoms with van der Waals surface area (Å²) in [6, 6.07) is 48.8. The van der Waals surface area contributed by atoms with E-state index in [2.05, 4.69) is 36.4 Å². The molecular weight excluding hydrogens is 740 g/mol.